The fraction of sp³-hybridized carbons (Fsp3) is 0.400. The minimum atomic E-state index is -0.452. The van der Waals surface area contributed by atoms with Gasteiger partial charge in [-0.2, -0.15) is 0 Å². The van der Waals surface area contributed by atoms with Crippen molar-refractivity contribution in [1.82, 2.24) is 9.80 Å². The van der Waals surface area contributed by atoms with Crippen molar-refractivity contribution in [2.45, 2.75) is 25.6 Å². The zero-order valence-corrected chi connectivity index (χ0v) is 18.6. The van der Waals surface area contributed by atoms with Crippen LogP contribution < -0.4 is 9.47 Å². The molecule has 6 rings (SSSR count). The number of hydrogen-bond donors (Lipinski definition) is 0. The third-order valence-electron chi connectivity index (χ3n) is 7.21. The highest BCUT2D eigenvalue weighted by Crippen LogP contribution is 2.46. The number of aryl methyl sites for hydroxylation is 1. The van der Waals surface area contributed by atoms with Crippen molar-refractivity contribution < 1.29 is 18.7 Å². The number of fused-ring (bicyclic) bond motifs is 4. The SMILES string of the molecule is COc1ccc(CN2C(c3ccc4c(C)coc4c3)=NOC23CN2CCC3C2)c(OC)c1. The molecule has 0 aliphatic carbocycles. The van der Waals surface area contributed by atoms with Crippen LogP contribution in [0, 0.1) is 12.8 Å². The van der Waals surface area contributed by atoms with Gasteiger partial charge in [-0.05, 0) is 43.7 Å². The van der Waals surface area contributed by atoms with Gasteiger partial charge in [-0.3, -0.25) is 4.90 Å². The Morgan fingerprint density at radius 2 is 2.06 bits per heavy atom. The van der Waals surface area contributed by atoms with E-state index in [-0.39, 0.29) is 0 Å². The average molecular weight is 434 g/mol. The summed E-state index contributed by atoms with van der Waals surface area (Å²) in [6.45, 7) is 5.72. The average Bonchev–Trinajstić information content (AvgIpc) is 3.59. The van der Waals surface area contributed by atoms with Crippen LogP contribution in [0.3, 0.4) is 0 Å². The molecule has 32 heavy (non-hydrogen) atoms. The van der Waals surface area contributed by atoms with E-state index < -0.39 is 5.72 Å². The minimum Gasteiger partial charge on any atom is -0.497 e. The van der Waals surface area contributed by atoms with Crippen molar-refractivity contribution in [1.29, 1.82) is 0 Å². The summed E-state index contributed by atoms with van der Waals surface area (Å²) in [5.74, 6) is 2.83. The van der Waals surface area contributed by atoms with Crippen LogP contribution in [0.1, 0.15) is 23.1 Å². The maximum Gasteiger partial charge on any atom is 0.228 e. The highest BCUT2D eigenvalue weighted by atomic mass is 16.7. The van der Waals surface area contributed by atoms with Crippen molar-refractivity contribution in [3.8, 4) is 11.5 Å². The van der Waals surface area contributed by atoms with Gasteiger partial charge in [0.25, 0.3) is 0 Å². The maximum absolute atomic E-state index is 6.30. The molecule has 3 aliphatic heterocycles. The smallest absolute Gasteiger partial charge is 0.228 e. The molecule has 0 saturated carbocycles. The molecule has 2 fully saturated rings. The van der Waals surface area contributed by atoms with Gasteiger partial charge in [-0.1, -0.05) is 17.3 Å². The van der Waals surface area contributed by atoms with E-state index >= 15 is 0 Å². The van der Waals surface area contributed by atoms with Gasteiger partial charge < -0.3 is 23.6 Å². The molecule has 0 radical (unpaired) electrons. The summed E-state index contributed by atoms with van der Waals surface area (Å²) < 4.78 is 16.9. The second-order valence-electron chi connectivity index (χ2n) is 8.97. The van der Waals surface area contributed by atoms with E-state index in [1.165, 1.54) is 0 Å². The quantitative estimate of drug-likeness (QED) is 0.607. The van der Waals surface area contributed by atoms with Crippen LogP contribution in [0.4, 0.5) is 0 Å². The first-order valence-corrected chi connectivity index (χ1v) is 11.1. The van der Waals surface area contributed by atoms with E-state index in [0.29, 0.717) is 12.5 Å². The minimum absolute atomic E-state index is 0.419. The Morgan fingerprint density at radius 1 is 1.16 bits per heavy atom. The first-order valence-electron chi connectivity index (χ1n) is 11.1. The number of amidine groups is 1. The molecule has 2 saturated heterocycles. The van der Waals surface area contributed by atoms with Gasteiger partial charge in [0.1, 0.15) is 17.1 Å². The van der Waals surface area contributed by atoms with E-state index in [1.807, 2.05) is 12.1 Å². The normalized spacial score (nSPS) is 26.1. The Morgan fingerprint density at radius 3 is 2.81 bits per heavy atom. The lowest BCUT2D eigenvalue weighted by atomic mass is 9.92. The molecule has 2 bridgehead atoms. The molecule has 2 aromatic carbocycles. The molecule has 3 aliphatic rings. The lowest BCUT2D eigenvalue weighted by molar-refractivity contribution is -0.130. The third kappa shape index (κ3) is 2.80. The summed E-state index contributed by atoms with van der Waals surface area (Å²) in [5, 5.41) is 5.77. The van der Waals surface area contributed by atoms with Crippen LogP contribution in [0.15, 0.2) is 52.2 Å². The molecule has 3 atom stereocenters. The second kappa shape index (κ2) is 7.17. The summed E-state index contributed by atoms with van der Waals surface area (Å²) in [6.07, 6.45) is 2.92. The largest absolute Gasteiger partial charge is 0.497 e. The number of rotatable bonds is 5. The van der Waals surface area contributed by atoms with Crippen LogP contribution in [0.5, 0.6) is 11.5 Å². The Labute approximate surface area is 187 Å². The highest BCUT2D eigenvalue weighted by molar-refractivity contribution is 6.02. The Bertz CT molecular complexity index is 1220. The predicted octanol–water partition coefficient (Wildman–Crippen LogP) is 3.98. The lowest BCUT2D eigenvalue weighted by Gasteiger charge is -2.40. The standard InChI is InChI=1S/C25H27N3O4/c1-16-14-31-23-10-17(5-7-21(16)23)24-26-32-25(15-27-9-8-19(25)13-27)28(24)12-18-4-6-20(29-2)11-22(18)30-3/h4-7,10-11,14,19H,8-9,12-13,15H2,1-3H3. The molecule has 0 N–H and O–H groups in total. The summed E-state index contributed by atoms with van der Waals surface area (Å²) in [4.78, 5) is 11.1. The third-order valence-corrected chi connectivity index (χ3v) is 7.21. The fourth-order valence-corrected chi connectivity index (χ4v) is 5.47. The van der Waals surface area contributed by atoms with E-state index in [2.05, 4.69) is 46.1 Å². The molecule has 0 amide bonds. The number of methoxy groups -OCH3 is 2. The Balaban J connectivity index is 1.42. The van der Waals surface area contributed by atoms with Gasteiger partial charge in [-0.25, -0.2) is 0 Å². The number of nitrogens with zero attached hydrogens (tertiary/aromatic N) is 3. The van der Waals surface area contributed by atoms with Crippen LogP contribution in [-0.4, -0.2) is 55.2 Å². The summed E-state index contributed by atoms with van der Waals surface area (Å²) in [5.41, 5.74) is 3.61. The van der Waals surface area contributed by atoms with Gasteiger partial charge in [0.2, 0.25) is 5.72 Å². The van der Waals surface area contributed by atoms with Crippen molar-refractivity contribution in [3.63, 3.8) is 0 Å². The maximum atomic E-state index is 6.30. The molecule has 3 aromatic rings. The van der Waals surface area contributed by atoms with E-state index in [4.69, 9.17) is 18.7 Å². The van der Waals surface area contributed by atoms with Gasteiger partial charge in [0.15, 0.2) is 5.84 Å². The second-order valence-corrected chi connectivity index (χ2v) is 8.97. The monoisotopic (exact) mass is 433 g/mol. The van der Waals surface area contributed by atoms with Gasteiger partial charge in [0, 0.05) is 35.0 Å². The molecule has 4 heterocycles. The first kappa shape index (κ1) is 19.5. The summed E-state index contributed by atoms with van der Waals surface area (Å²) in [7, 11) is 3.36. The zero-order valence-electron chi connectivity index (χ0n) is 18.6. The fourth-order valence-electron chi connectivity index (χ4n) is 5.47. The van der Waals surface area contributed by atoms with Crippen molar-refractivity contribution in [3.05, 3.63) is 59.4 Å². The molecular formula is C25H27N3O4. The predicted molar refractivity (Wildman–Crippen MR) is 121 cm³/mol. The van der Waals surface area contributed by atoms with Crippen molar-refractivity contribution in [2.75, 3.05) is 33.9 Å². The number of ether oxygens (including phenoxy) is 2. The number of hydrogen-bond acceptors (Lipinski definition) is 7. The van der Waals surface area contributed by atoms with Gasteiger partial charge in [0.05, 0.1) is 33.6 Å². The van der Waals surface area contributed by atoms with Crippen molar-refractivity contribution >= 4 is 16.8 Å². The Hall–Kier alpha value is -3.19. The Kier molecular flexibility index (Phi) is 4.37. The summed E-state index contributed by atoms with van der Waals surface area (Å²) in [6, 6.07) is 12.2. The molecule has 7 heteroatoms. The zero-order chi connectivity index (χ0) is 21.9. The van der Waals surface area contributed by atoms with Crippen LogP contribution in [0.2, 0.25) is 0 Å². The molecule has 166 valence electrons. The van der Waals surface area contributed by atoms with Crippen LogP contribution in [0.25, 0.3) is 11.0 Å². The lowest BCUT2D eigenvalue weighted by Crippen LogP contribution is -2.56. The molecular weight excluding hydrogens is 406 g/mol. The van der Waals surface area contributed by atoms with E-state index in [9.17, 15) is 0 Å². The van der Waals surface area contributed by atoms with Crippen LogP contribution in [-0.2, 0) is 11.4 Å². The van der Waals surface area contributed by atoms with E-state index in [1.54, 1.807) is 20.5 Å². The van der Waals surface area contributed by atoms with Gasteiger partial charge >= 0.3 is 0 Å². The first-order chi connectivity index (χ1) is 15.6. The van der Waals surface area contributed by atoms with E-state index in [0.717, 1.165) is 71.0 Å². The van der Waals surface area contributed by atoms with Crippen molar-refractivity contribution in [2.24, 2.45) is 11.1 Å². The summed E-state index contributed by atoms with van der Waals surface area (Å²) >= 11 is 0. The number of piperidine rings is 1. The molecule has 1 aromatic heterocycles. The number of benzene rings is 2. The topological polar surface area (TPSA) is 59.7 Å². The van der Waals surface area contributed by atoms with Crippen LogP contribution >= 0.6 is 0 Å². The number of oxime groups is 1. The molecule has 3 unspecified atom stereocenters. The number of furan rings is 1. The molecule has 1 spiro atoms. The highest BCUT2D eigenvalue weighted by Gasteiger charge is 2.60. The molecule has 7 nitrogen and oxygen atoms in total. The van der Waals surface area contributed by atoms with Gasteiger partial charge in [-0.15, -0.1) is 0 Å².